The first-order chi connectivity index (χ1) is 12.7. The Bertz CT molecular complexity index is 742. The molecular weight excluding hydrogens is 332 g/mol. The highest BCUT2D eigenvalue weighted by molar-refractivity contribution is 5.96. The van der Waals surface area contributed by atoms with Crippen LogP contribution in [0.2, 0.25) is 0 Å². The van der Waals surface area contributed by atoms with Gasteiger partial charge in [-0.25, -0.2) is 0 Å². The molecule has 3 rings (SSSR count). The van der Waals surface area contributed by atoms with Crippen molar-refractivity contribution >= 4 is 17.5 Å². The van der Waals surface area contributed by atoms with E-state index in [-0.39, 0.29) is 23.7 Å². The number of amides is 2. The van der Waals surface area contributed by atoms with E-state index in [0.29, 0.717) is 30.2 Å². The highest BCUT2D eigenvalue weighted by Gasteiger charge is 2.35. The van der Waals surface area contributed by atoms with Crippen molar-refractivity contribution in [2.24, 2.45) is 11.8 Å². The van der Waals surface area contributed by atoms with E-state index < -0.39 is 0 Å². The van der Waals surface area contributed by atoms with E-state index in [1.807, 2.05) is 24.3 Å². The molecule has 1 aliphatic carbocycles. The lowest BCUT2D eigenvalue weighted by molar-refractivity contribution is -0.134. The average molecular weight is 356 g/mol. The fraction of sp³-hybridized carbons (Fsp3) is 0.400. The summed E-state index contributed by atoms with van der Waals surface area (Å²) in [6.07, 6.45) is 4.93. The van der Waals surface area contributed by atoms with Crippen LogP contribution < -0.4 is 15.4 Å². The highest BCUT2D eigenvalue weighted by Crippen LogP contribution is 2.31. The Morgan fingerprint density at radius 2 is 1.88 bits per heavy atom. The lowest BCUT2D eigenvalue weighted by Gasteiger charge is -2.29. The molecule has 2 atom stereocenters. The van der Waals surface area contributed by atoms with Gasteiger partial charge in [-0.1, -0.05) is 18.9 Å². The van der Waals surface area contributed by atoms with Crippen LogP contribution in [0.1, 0.15) is 31.4 Å². The average Bonchev–Trinajstić information content (AvgIpc) is 3.20. The SMILES string of the molecule is COc1cccc(NC(=O)C2CCCCC2C(=O)NCc2ccco2)c1. The summed E-state index contributed by atoms with van der Waals surface area (Å²) >= 11 is 0. The minimum absolute atomic E-state index is 0.0908. The van der Waals surface area contributed by atoms with Crippen LogP contribution in [-0.4, -0.2) is 18.9 Å². The number of furan rings is 1. The normalized spacial score (nSPS) is 19.6. The number of ether oxygens (including phenoxy) is 1. The second-order valence-electron chi connectivity index (χ2n) is 6.52. The molecule has 1 fully saturated rings. The van der Waals surface area contributed by atoms with E-state index in [1.54, 1.807) is 25.5 Å². The molecule has 1 aliphatic rings. The van der Waals surface area contributed by atoms with Gasteiger partial charge in [0.05, 0.1) is 19.9 Å². The van der Waals surface area contributed by atoms with Crippen LogP contribution in [-0.2, 0) is 16.1 Å². The standard InChI is InChI=1S/C20H24N2O4/c1-25-15-7-4-6-14(12-15)22-20(24)18-10-3-2-9-17(18)19(23)21-13-16-8-5-11-26-16/h4-8,11-12,17-18H,2-3,9-10,13H2,1H3,(H,21,23)(H,22,24). The van der Waals surface area contributed by atoms with Crippen LogP contribution >= 0.6 is 0 Å². The maximum atomic E-state index is 12.8. The van der Waals surface area contributed by atoms with Crippen molar-refractivity contribution in [1.29, 1.82) is 0 Å². The van der Waals surface area contributed by atoms with Crippen LogP contribution in [0.5, 0.6) is 5.75 Å². The van der Waals surface area contributed by atoms with E-state index in [4.69, 9.17) is 9.15 Å². The van der Waals surface area contributed by atoms with E-state index in [0.717, 1.165) is 19.3 Å². The molecule has 138 valence electrons. The van der Waals surface area contributed by atoms with Gasteiger partial charge in [0.25, 0.3) is 0 Å². The number of carbonyl (C=O) groups excluding carboxylic acids is 2. The zero-order valence-electron chi connectivity index (χ0n) is 14.9. The summed E-state index contributed by atoms with van der Waals surface area (Å²) in [5, 5.41) is 5.81. The first-order valence-electron chi connectivity index (χ1n) is 8.92. The van der Waals surface area contributed by atoms with Gasteiger partial charge < -0.3 is 19.8 Å². The summed E-state index contributed by atoms with van der Waals surface area (Å²) in [6.45, 7) is 0.340. The second-order valence-corrected chi connectivity index (χ2v) is 6.52. The fourth-order valence-corrected chi connectivity index (χ4v) is 3.41. The van der Waals surface area contributed by atoms with E-state index in [9.17, 15) is 9.59 Å². The Morgan fingerprint density at radius 1 is 1.12 bits per heavy atom. The molecule has 2 N–H and O–H groups in total. The van der Waals surface area contributed by atoms with Crippen molar-refractivity contribution in [3.63, 3.8) is 0 Å². The van der Waals surface area contributed by atoms with Crippen LogP contribution in [0.25, 0.3) is 0 Å². The number of methoxy groups -OCH3 is 1. The third-order valence-corrected chi connectivity index (χ3v) is 4.79. The number of hydrogen-bond donors (Lipinski definition) is 2. The predicted octanol–water partition coefficient (Wildman–Crippen LogP) is 3.35. The molecule has 1 heterocycles. The molecule has 2 amide bonds. The molecule has 0 aliphatic heterocycles. The molecule has 1 aromatic carbocycles. The lowest BCUT2D eigenvalue weighted by atomic mass is 9.78. The van der Waals surface area contributed by atoms with E-state index >= 15 is 0 Å². The molecule has 0 radical (unpaired) electrons. The summed E-state index contributed by atoms with van der Waals surface area (Å²) in [6, 6.07) is 10.8. The van der Waals surface area contributed by atoms with Crippen LogP contribution in [0, 0.1) is 11.8 Å². The second kappa shape index (κ2) is 8.56. The molecule has 6 nitrogen and oxygen atoms in total. The van der Waals surface area contributed by atoms with Gasteiger partial charge in [-0.15, -0.1) is 0 Å². The van der Waals surface area contributed by atoms with E-state index in [2.05, 4.69) is 10.6 Å². The molecule has 2 aromatic rings. The summed E-state index contributed by atoms with van der Waals surface area (Å²) in [5.74, 6) is 0.532. The van der Waals surface area contributed by atoms with Gasteiger partial charge in [-0.05, 0) is 37.1 Å². The number of rotatable bonds is 6. The van der Waals surface area contributed by atoms with Gasteiger partial charge in [0, 0.05) is 23.6 Å². The predicted molar refractivity (Wildman–Crippen MR) is 97.6 cm³/mol. The van der Waals surface area contributed by atoms with Gasteiger partial charge in [0.15, 0.2) is 0 Å². The molecule has 0 saturated heterocycles. The quantitative estimate of drug-likeness (QED) is 0.832. The third kappa shape index (κ3) is 4.45. The zero-order valence-corrected chi connectivity index (χ0v) is 14.9. The van der Waals surface area contributed by atoms with Crippen LogP contribution in [0.3, 0.4) is 0 Å². The van der Waals surface area contributed by atoms with Crippen molar-refractivity contribution in [3.05, 3.63) is 48.4 Å². The summed E-state index contributed by atoms with van der Waals surface area (Å²) in [4.78, 5) is 25.4. The number of carbonyl (C=O) groups is 2. The van der Waals surface area contributed by atoms with Crippen molar-refractivity contribution in [2.45, 2.75) is 32.2 Å². The molecular formula is C20H24N2O4. The Balaban J connectivity index is 1.63. The van der Waals surface area contributed by atoms with Gasteiger partial charge in [0.2, 0.25) is 11.8 Å². The number of nitrogens with one attached hydrogen (secondary N) is 2. The first-order valence-corrected chi connectivity index (χ1v) is 8.92. The maximum Gasteiger partial charge on any atom is 0.228 e. The minimum Gasteiger partial charge on any atom is -0.497 e. The molecule has 6 heteroatoms. The Morgan fingerprint density at radius 3 is 2.58 bits per heavy atom. The van der Waals surface area contributed by atoms with Crippen molar-refractivity contribution in [1.82, 2.24) is 5.32 Å². The fourth-order valence-electron chi connectivity index (χ4n) is 3.41. The monoisotopic (exact) mass is 356 g/mol. The maximum absolute atomic E-state index is 12.8. The molecule has 2 unspecified atom stereocenters. The number of hydrogen-bond acceptors (Lipinski definition) is 4. The summed E-state index contributed by atoms with van der Waals surface area (Å²) in [5.41, 5.74) is 0.676. The largest absolute Gasteiger partial charge is 0.497 e. The summed E-state index contributed by atoms with van der Waals surface area (Å²) < 4.78 is 10.4. The van der Waals surface area contributed by atoms with Gasteiger partial charge in [0.1, 0.15) is 11.5 Å². The van der Waals surface area contributed by atoms with Gasteiger partial charge in [-0.3, -0.25) is 9.59 Å². The van der Waals surface area contributed by atoms with Crippen molar-refractivity contribution in [3.8, 4) is 5.75 Å². The van der Waals surface area contributed by atoms with Crippen molar-refractivity contribution < 1.29 is 18.7 Å². The molecule has 1 aromatic heterocycles. The lowest BCUT2D eigenvalue weighted by Crippen LogP contribution is -2.41. The number of benzene rings is 1. The third-order valence-electron chi connectivity index (χ3n) is 4.79. The van der Waals surface area contributed by atoms with Crippen molar-refractivity contribution in [2.75, 3.05) is 12.4 Å². The highest BCUT2D eigenvalue weighted by atomic mass is 16.5. The smallest absolute Gasteiger partial charge is 0.228 e. The topological polar surface area (TPSA) is 80.6 Å². The van der Waals surface area contributed by atoms with E-state index in [1.165, 1.54) is 0 Å². The summed E-state index contributed by atoms with van der Waals surface area (Å²) in [7, 11) is 1.58. The van der Waals surface area contributed by atoms with Crippen LogP contribution in [0.4, 0.5) is 5.69 Å². The minimum atomic E-state index is -0.327. The van der Waals surface area contributed by atoms with Gasteiger partial charge in [-0.2, -0.15) is 0 Å². The Hall–Kier alpha value is -2.76. The van der Waals surface area contributed by atoms with Gasteiger partial charge >= 0.3 is 0 Å². The molecule has 26 heavy (non-hydrogen) atoms. The molecule has 0 bridgehead atoms. The Kier molecular flexibility index (Phi) is 5.94. The molecule has 0 spiro atoms. The molecule has 1 saturated carbocycles. The zero-order chi connectivity index (χ0) is 18.4. The Labute approximate surface area is 152 Å². The number of anilines is 1. The van der Waals surface area contributed by atoms with Crippen LogP contribution in [0.15, 0.2) is 47.1 Å². The first kappa shape index (κ1) is 18.0.